The SMILES string of the molecule is Fc1cc(F)c(N2c3cc4c(cc3B3c5ccccc5N(Cc5c(-c6ccccc6)cccc5-c5ccccc5)c5cc(N(Cc6c(-c7ccccc7)cccc6-c6ccccc6)c6ccccc6)cc2c53)B2c3ccccc3N(c3ccccc3)c3cc(N(c5ccccc5)c5ccccc5)cc(c32)S4)c(-c2ccccc2)c1. The minimum atomic E-state index is -0.687. The van der Waals surface area contributed by atoms with Crippen molar-refractivity contribution in [2.45, 2.75) is 22.9 Å². The van der Waals surface area contributed by atoms with Crippen molar-refractivity contribution in [1.29, 1.82) is 0 Å². The average molecular weight is 1480 g/mol. The zero-order valence-corrected chi connectivity index (χ0v) is 63.0. The zero-order valence-electron chi connectivity index (χ0n) is 62.2. The van der Waals surface area contributed by atoms with Crippen LogP contribution in [0.5, 0.6) is 0 Å². The van der Waals surface area contributed by atoms with Crippen molar-refractivity contribution in [3.8, 4) is 55.6 Å². The molecule has 0 saturated carbocycles. The van der Waals surface area contributed by atoms with Gasteiger partial charge in [-0.25, -0.2) is 8.78 Å². The average Bonchev–Trinajstić information content (AvgIpc) is 0.685. The van der Waals surface area contributed by atoms with Crippen molar-refractivity contribution in [3.05, 3.63) is 429 Å². The summed E-state index contributed by atoms with van der Waals surface area (Å²) >= 11 is 1.77. The molecule has 0 N–H and O–H groups in total. The quantitative estimate of drug-likeness (QED) is 0.0890. The summed E-state index contributed by atoms with van der Waals surface area (Å²) in [5.41, 5.74) is 30.9. The van der Waals surface area contributed by atoms with Crippen LogP contribution in [0.2, 0.25) is 0 Å². The molecule has 0 bridgehead atoms. The Balaban J connectivity index is 0.872. The van der Waals surface area contributed by atoms with Gasteiger partial charge in [0.15, 0.2) is 5.82 Å². The van der Waals surface area contributed by atoms with Crippen LogP contribution in [0.4, 0.5) is 82.7 Å². The fraction of sp³-hybridized carbons (Fsp3) is 0.0192. The second-order valence-electron chi connectivity index (χ2n) is 29.6. The normalized spacial score (nSPS) is 12.6. The third-order valence-electron chi connectivity index (χ3n) is 23.2. The van der Waals surface area contributed by atoms with Crippen LogP contribution in [0.25, 0.3) is 55.6 Å². The number of anilines is 13. The molecular formula is C104H71B2F2N5S. The van der Waals surface area contributed by atoms with Crippen LogP contribution in [-0.4, -0.2) is 13.4 Å². The van der Waals surface area contributed by atoms with Gasteiger partial charge in [-0.1, -0.05) is 321 Å². The second-order valence-corrected chi connectivity index (χ2v) is 30.7. The number of nitrogens with zero attached hydrogens (tertiary/aromatic N) is 5. The summed E-state index contributed by atoms with van der Waals surface area (Å²) in [6.45, 7) is 0.172. The molecule has 538 valence electrons. The van der Waals surface area contributed by atoms with E-state index >= 15 is 8.78 Å². The summed E-state index contributed by atoms with van der Waals surface area (Å²) in [7, 11) is 0. The number of halogens is 2. The maximum absolute atomic E-state index is 19.2. The minimum absolute atomic E-state index is 0.244. The van der Waals surface area contributed by atoms with Gasteiger partial charge in [0, 0.05) is 103 Å². The van der Waals surface area contributed by atoms with E-state index in [1.54, 1.807) is 11.8 Å². The van der Waals surface area contributed by atoms with E-state index in [-0.39, 0.29) is 12.4 Å². The summed E-state index contributed by atoms with van der Waals surface area (Å²) in [5, 5.41) is 0. The van der Waals surface area contributed by atoms with Crippen molar-refractivity contribution < 1.29 is 8.78 Å². The summed E-state index contributed by atoms with van der Waals surface area (Å²) in [6, 6.07) is 144. The maximum Gasteiger partial charge on any atom is 0.252 e. The largest absolute Gasteiger partial charge is 0.338 e. The third kappa shape index (κ3) is 11.8. The van der Waals surface area contributed by atoms with Gasteiger partial charge in [0.05, 0.1) is 5.69 Å². The molecule has 4 aliphatic rings. The summed E-state index contributed by atoms with van der Waals surface area (Å²) in [5.74, 6) is -1.35. The fourth-order valence-electron chi connectivity index (χ4n) is 18.3. The van der Waals surface area contributed by atoms with Gasteiger partial charge in [0.2, 0.25) is 6.71 Å². The van der Waals surface area contributed by atoms with Gasteiger partial charge in [0.1, 0.15) is 5.82 Å². The van der Waals surface area contributed by atoms with Gasteiger partial charge in [-0.2, -0.15) is 0 Å². The van der Waals surface area contributed by atoms with Crippen LogP contribution >= 0.6 is 11.8 Å². The molecule has 4 aliphatic heterocycles. The van der Waals surface area contributed by atoms with E-state index in [1.165, 1.54) is 17.0 Å². The predicted octanol–water partition coefficient (Wildman–Crippen LogP) is 23.8. The van der Waals surface area contributed by atoms with E-state index in [0.717, 1.165) is 162 Å². The Hall–Kier alpha value is -13.9. The standard InChI is InChI=1S/C104H71B2F2N5S/c107-75-60-86(74-42-18-5-19-43-74)104(93(108)61-75)113-96-67-100-92(106-90-57-29-31-59-95(90)112(79-50-26-9-27-51-79)99-64-81(65-101(114-100)103(99)106)111(77-46-22-7-23-47-77)78-48-24-8-25-49-78)66-91(96)105-89-56-28-30-58-94(89)110(69-88-84(72-38-14-3-15-39-72)54-33-55-85(88)73-40-16-4-17-41-73)97-62-80(63-98(113)102(97)105)109(76-44-20-6-21-45-76)68-87-82(70-34-10-1-11-35-70)52-32-53-83(87)71-36-12-2-13-37-71/h1-67H,68-69H2. The van der Waals surface area contributed by atoms with Crippen LogP contribution in [-0.2, 0) is 13.1 Å². The molecule has 0 fully saturated rings. The first-order chi connectivity index (χ1) is 56.4. The number of fused-ring (bicyclic) bond motifs is 8. The lowest BCUT2D eigenvalue weighted by atomic mass is 9.31. The van der Waals surface area contributed by atoms with Gasteiger partial charge >= 0.3 is 0 Å². The lowest BCUT2D eigenvalue weighted by Crippen LogP contribution is -2.64. The van der Waals surface area contributed by atoms with E-state index in [2.05, 4.69) is 388 Å². The molecule has 0 saturated heterocycles. The topological polar surface area (TPSA) is 16.2 Å². The highest BCUT2D eigenvalue weighted by molar-refractivity contribution is 8.00. The van der Waals surface area contributed by atoms with E-state index in [9.17, 15) is 0 Å². The first-order valence-corrected chi connectivity index (χ1v) is 39.8. The Morgan fingerprint density at radius 2 is 0.711 bits per heavy atom. The van der Waals surface area contributed by atoms with E-state index in [0.29, 0.717) is 24.2 Å². The lowest BCUT2D eigenvalue weighted by molar-refractivity contribution is 0.585. The molecule has 17 aromatic rings. The molecule has 17 aromatic carbocycles. The highest BCUT2D eigenvalue weighted by atomic mass is 32.2. The van der Waals surface area contributed by atoms with Gasteiger partial charge in [-0.3, -0.25) is 0 Å². The van der Waals surface area contributed by atoms with Crippen LogP contribution in [0.15, 0.2) is 416 Å². The van der Waals surface area contributed by atoms with Gasteiger partial charge in [0.25, 0.3) is 6.71 Å². The van der Waals surface area contributed by atoms with Crippen LogP contribution in [0.3, 0.4) is 0 Å². The summed E-state index contributed by atoms with van der Waals surface area (Å²) in [4.78, 5) is 14.2. The first kappa shape index (κ1) is 68.1. The molecular weight excluding hydrogens is 1410 g/mol. The molecule has 0 amide bonds. The Kier molecular flexibility index (Phi) is 17.2. The third-order valence-corrected chi connectivity index (χ3v) is 24.3. The molecule has 114 heavy (non-hydrogen) atoms. The van der Waals surface area contributed by atoms with Gasteiger partial charge in [-0.05, 0) is 186 Å². The molecule has 0 spiro atoms. The Morgan fingerprint density at radius 3 is 1.25 bits per heavy atom. The molecule has 0 aliphatic carbocycles. The van der Waals surface area contributed by atoms with Crippen molar-refractivity contribution in [2.24, 2.45) is 0 Å². The lowest BCUT2D eigenvalue weighted by Gasteiger charge is -2.46. The van der Waals surface area contributed by atoms with Crippen molar-refractivity contribution in [2.75, 3.05) is 24.5 Å². The molecule has 21 rings (SSSR count). The smallest absolute Gasteiger partial charge is 0.252 e. The molecule has 0 unspecified atom stereocenters. The highest BCUT2D eigenvalue weighted by Crippen LogP contribution is 2.53. The van der Waals surface area contributed by atoms with Gasteiger partial charge < -0.3 is 24.5 Å². The predicted molar refractivity (Wildman–Crippen MR) is 475 cm³/mol. The van der Waals surface area contributed by atoms with Crippen LogP contribution in [0, 0.1) is 11.6 Å². The molecule has 5 nitrogen and oxygen atoms in total. The molecule has 4 heterocycles. The zero-order chi connectivity index (χ0) is 75.7. The van der Waals surface area contributed by atoms with Crippen molar-refractivity contribution >= 4 is 132 Å². The van der Waals surface area contributed by atoms with Crippen molar-refractivity contribution in [3.63, 3.8) is 0 Å². The van der Waals surface area contributed by atoms with Gasteiger partial charge in [-0.15, -0.1) is 0 Å². The van der Waals surface area contributed by atoms with E-state index in [4.69, 9.17) is 0 Å². The maximum atomic E-state index is 19.2. The monoisotopic (exact) mass is 1480 g/mol. The minimum Gasteiger partial charge on any atom is -0.338 e. The fourth-order valence-corrected chi connectivity index (χ4v) is 19.5. The molecule has 0 atom stereocenters. The number of hydrogen-bond acceptors (Lipinski definition) is 6. The van der Waals surface area contributed by atoms with Crippen LogP contribution in [0.1, 0.15) is 11.1 Å². The Bertz CT molecular complexity index is 6360. The summed E-state index contributed by atoms with van der Waals surface area (Å²) < 4.78 is 36.2. The molecule has 0 aromatic heterocycles. The number of hydrogen-bond donors (Lipinski definition) is 0. The number of para-hydroxylation sites is 6. The first-order valence-electron chi connectivity index (χ1n) is 39.0. The molecule has 10 heteroatoms. The number of benzene rings is 17. The Labute approximate surface area is 668 Å². The van der Waals surface area contributed by atoms with Crippen LogP contribution < -0.4 is 57.3 Å². The molecule has 0 radical (unpaired) electrons. The van der Waals surface area contributed by atoms with E-state index < -0.39 is 18.3 Å². The van der Waals surface area contributed by atoms with E-state index in [1.807, 2.05) is 30.3 Å². The second kappa shape index (κ2) is 28.7. The number of rotatable bonds is 16. The Morgan fingerprint density at radius 1 is 0.281 bits per heavy atom. The highest BCUT2D eigenvalue weighted by Gasteiger charge is 2.48. The summed E-state index contributed by atoms with van der Waals surface area (Å²) in [6.07, 6.45) is 0. The van der Waals surface area contributed by atoms with Crippen molar-refractivity contribution in [1.82, 2.24) is 0 Å².